The Kier molecular flexibility index (Phi) is 3.61. The molecule has 1 atom stereocenters. The molecule has 1 unspecified atom stereocenters. The molecule has 96 valence electrons. The van der Waals surface area contributed by atoms with Crippen molar-refractivity contribution in [1.82, 2.24) is 4.98 Å². The van der Waals surface area contributed by atoms with Gasteiger partial charge in [-0.05, 0) is 20.8 Å². The van der Waals surface area contributed by atoms with Crippen molar-refractivity contribution in [2.24, 2.45) is 0 Å². The number of aliphatic hydroxyl groups is 1. The van der Waals surface area contributed by atoms with Crippen LogP contribution in [0.15, 0.2) is 0 Å². The molecule has 2 N–H and O–H groups in total. The van der Waals surface area contributed by atoms with Crippen LogP contribution >= 0.6 is 0 Å². The van der Waals surface area contributed by atoms with Gasteiger partial charge in [-0.2, -0.15) is 22.5 Å². The van der Waals surface area contributed by atoms with E-state index in [4.69, 9.17) is 0 Å². The van der Waals surface area contributed by atoms with Crippen LogP contribution in [0.25, 0.3) is 0 Å². The standard InChI is InChI=1S/C10H12F4N2O/c1-4(17)10(2,3)16-7-5(11)8(13)15-9(14)6(7)12/h4,17H,1-3H3,(H,15,16). The van der Waals surface area contributed by atoms with E-state index in [9.17, 15) is 22.7 Å². The van der Waals surface area contributed by atoms with Gasteiger partial charge < -0.3 is 10.4 Å². The summed E-state index contributed by atoms with van der Waals surface area (Å²) in [7, 11) is 0. The number of halogens is 4. The van der Waals surface area contributed by atoms with Crippen LogP contribution < -0.4 is 5.32 Å². The van der Waals surface area contributed by atoms with Crippen molar-refractivity contribution in [3.63, 3.8) is 0 Å². The van der Waals surface area contributed by atoms with Gasteiger partial charge in [-0.3, -0.25) is 0 Å². The average Bonchev–Trinajstić information content (AvgIpc) is 2.21. The van der Waals surface area contributed by atoms with Crippen LogP contribution in [-0.2, 0) is 0 Å². The van der Waals surface area contributed by atoms with Crippen LogP contribution in [-0.4, -0.2) is 21.7 Å². The normalized spacial score (nSPS) is 13.6. The molecular formula is C10H12F4N2O. The molecule has 3 nitrogen and oxygen atoms in total. The summed E-state index contributed by atoms with van der Waals surface area (Å²) in [4.78, 5) is 2.42. The molecule has 1 heterocycles. The smallest absolute Gasteiger partial charge is 0.253 e. The van der Waals surface area contributed by atoms with Crippen LogP contribution in [0.1, 0.15) is 20.8 Å². The highest BCUT2D eigenvalue weighted by molar-refractivity contribution is 5.47. The molecule has 0 aliphatic heterocycles. The van der Waals surface area contributed by atoms with E-state index in [1.54, 1.807) is 0 Å². The lowest BCUT2D eigenvalue weighted by atomic mass is 9.98. The van der Waals surface area contributed by atoms with Gasteiger partial charge in [0.2, 0.25) is 11.6 Å². The molecule has 0 aliphatic rings. The largest absolute Gasteiger partial charge is 0.391 e. The van der Waals surface area contributed by atoms with Gasteiger partial charge in [0.25, 0.3) is 11.9 Å². The summed E-state index contributed by atoms with van der Waals surface area (Å²) < 4.78 is 52.1. The van der Waals surface area contributed by atoms with E-state index in [0.717, 1.165) is 0 Å². The van der Waals surface area contributed by atoms with Crippen molar-refractivity contribution >= 4 is 5.69 Å². The van der Waals surface area contributed by atoms with Crippen molar-refractivity contribution in [2.75, 3.05) is 5.32 Å². The molecule has 0 radical (unpaired) electrons. The Morgan fingerprint density at radius 3 is 1.88 bits per heavy atom. The van der Waals surface area contributed by atoms with Crippen LogP contribution in [0.3, 0.4) is 0 Å². The number of nitrogens with one attached hydrogen (secondary N) is 1. The van der Waals surface area contributed by atoms with Crippen LogP contribution in [0.2, 0.25) is 0 Å². The first-order chi connectivity index (χ1) is 7.66. The molecule has 0 aliphatic carbocycles. The summed E-state index contributed by atoms with van der Waals surface area (Å²) in [6.45, 7) is 4.22. The Bertz CT molecular complexity index is 409. The topological polar surface area (TPSA) is 45.1 Å². The van der Waals surface area contributed by atoms with Gasteiger partial charge in [0, 0.05) is 0 Å². The van der Waals surface area contributed by atoms with Crippen molar-refractivity contribution < 1.29 is 22.7 Å². The van der Waals surface area contributed by atoms with Crippen molar-refractivity contribution in [3.8, 4) is 0 Å². The highest BCUT2D eigenvalue weighted by Crippen LogP contribution is 2.26. The van der Waals surface area contributed by atoms with Gasteiger partial charge in [-0.25, -0.2) is 0 Å². The molecule has 0 bridgehead atoms. The number of rotatable bonds is 3. The SMILES string of the molecule is CC(O)C(C)(C)Nc1c(F)c(F)nc(F)c1F. The minimum Gasteiger partial charge on any atom is -0.391 e. The number of aliphatic hydroxyl groups excluding tert-OH is 1. The second-order valence-corrected chi connectivity index (χ2v) is 4.22. The minimum absolute atomic E-state index is 0.985. The Hall–Kier alpha value is -1.37. The maximum absolute atomic E-state index is 13.2. The maximum atomic E-state index is 13.2. The van der Waals surface area contributed by atoms with Crippen molar-refractivity contribution in [2.45, 2.75) is 32.4 Å². The van der Waals surface area contributed by atoms with E-state index in [0.29, 0.717) is 0 Å². The summed E-state index contributed by atoms with van der Waals surface area (Å²) in [5, 5.41) is 11.6. The Labute approximate surface area is 95.5 Å². The third-order valence-electron chi connectivity index (χ3n) is 2.49. The summed E-state index contributed by atoms with van der Waals surface area (Å²) in [5.74, 6) is -6.74. The summed E-state index contributed by atoms with van der Waals surface area (Å²) in [5.41, 5.74) is -2.15. The first-order valence-electron chi connectivity index (χ1n) is 4.83. The fraction of sp³-hybridized carbons (Fsp3) is 0.500. The number of pyridine rings is 1. The quantitative estimate of drug-likeness (QED) is 0.640. The van der Waals surface area contributed by atoms with Crippen LogP contribution in [0, 0.1) is 23.5 Å². The molecule has 0 fully saturated rings. The molecule has 1 rings (SSSR count). The molecule has 0 saturated heterocycles. The predicted octanol–water partition coefficient (Wildman–Crippen LogP) is 2.21. The van der Waals surface area contributed by atoms with E-state index >= 15 is 0 Å². The Morgan fingerprint density at radius 2 is 1.53 bits per heavy atom. The van der Waals surface area contributed by atoms with E-state index in [-0.39, 0.29) is 0 Å². The van der Waals surface area contributed by atoms with Gasteiger partial charge >= 0.3 is 0 Å². The number of hydrogen-bond acceptors (Lipinski definition) is 3. The molecule has 17 heavy (non-hydrogen) atoms. The van der Waals surface area contributed by atoms with Gasteiger partial charge in [0.1, 0.15) is 5.69 Å². The zero-order valence-corrected chi connectivity index (χ0v) is 9.48. The molecule has 1 aromatic heterocycles. The van der Waals surface area contributed by atoms with Crippen molar-refractivity contribution in [1.29, 1.82) is 0 Å². The summed E-state index contributed by atoms with van der Waals surface area (Å²) in [6, 6.07) is 0. The van der Waals surface area contributed by atoms with Crippen LogP contribution in [0.5, 0.6) is 0 Å². The fourth-order valence-electron chi connectivity index (χ4n) is 1.02. The first kappa shape index (κ1) is 13.7. The molecule has 1 aromatic rings. The molecular weight excluding hydrogens is 240 g/mol. The second kappa shape index (κ2) is 4.48. The van der Waals surface area contributed by atoms with Gasteiger partial charge in [0.15, 0.2) is 0 Å². The minimum atomic E-state index is -1.74. The van der Waals surface area contributed by atoms with Gasteiger partial charge in [-0.1, -0.05) is 0 Å². The zero-order chi connectivity index (χ0) is 13.4. The first-order valence-corrected chi connectivity index (χ1v) is 4.83. The molecule has 0 spiro atoms. The highest BCUT2D eigenvalue weighted by Gasteiger charge is 2.29. The number of nitrogens with zero attached hydrogens (tertiary/aromatic N) is 1. The third-order valence-corrected chi connectivity index (χ3v) is 2.49. The van der Waals surface area contributed by atoms with Gasteiger partial charge in [0.05, 0.1) is 11.6 Å². The average molecular weight is 252 g/mol. The van der Waals surface area contributed by atoms with E-state index in [1.807, 2.05) is 0 Å². The number of hydrogen-bond donors (Lipinski definition) is 2. The highest BCUT2D eigenvalue weighted by atomic mass is 19.2. The fourth-order valence-corrected chi connectivity index (χ4v) is 1.02. The summed E-state index contributed by atoms with van der Waals surface area (Å²) >= 11 is 0. The van der Waals surface area contributed by atoms with Crippen molar-refractivity contribution in [3.05, 3.63) is 23.5 Å². The molecule has 7 heteroatoms. The molecule has 0 amide bonds. The lowest BCUT2D eigenvalue weighted by molar-refractivity contribution is 0.132. The second-order valence-electron chi connectivity index (χ2n) is 4.22. The zero-order valence-electron chi connectivity index (χ0n) is 9.48. The Balaban J connectivity index is 3.23. The maximum Gasteiger partial charge on any atom is 0.253 e. The predicted molar refractivity (Wildman–Crippen MR) is 53.5 cm³/mol. The lowest BCUT2D eigenvalue weighted by Crippen LogP contribution is -2.42. The van der Waals surface area contributed by atoms with E-state index < -0.39 is 40.9 Å². The number of aromatic nitrogens is 1. The Morgan fingerprint density at radius 1 is 1.12 bits per heavy atom. The van der Waals surface area contributed by atoms with E-state index in [2.05, 4.69) is 10.3 Å². The van der Waals surface area contributed by atoms with Gasteiger partial charge in [-0.15, -0.1) is 0 Å². The third kappa shape index (κ3) is 2.66. The summed E-state index contributed by atoms with van der Waals surface area (Å²) in [6.07, 6.45) is -0.999. The molecule has 0 saturated carbocycles. The molecule has 0 aromatic carbocycles. The van der Waals surface area contributed by atoms with Crippen LogP contribution in [0.4, 0.5) is 23.2 Å². The van der Waals surface area contributed by atoms with E-state index in [1.165, 1.54) is 20.8 Å². The monoisotopic (exact) mass is 252 g/mol. The number of anilines is 1. The lowest BCUT2D eigenvalue weighted by Gasteiger charge is -2.30.